The van der Waals surface area contributed by atoms with Crippen molar-refractivity contribution in [1.82, 2.24) is 4.90 Å². The summed E-state index contributed by atoms with van der Waals surface area (Å²) in [6, 6.07) is 6.01. The lowest BCUT2D eigenvalue weighted by molar-refractivity contribution is 0.0763. The number of nitrogens with zero attached hydrogens (tertiary/aromatic N) is 1. The van der Waals surface area contributed by atoms with Gasteiger partial charge in [-0.15, -0.1) is 0 Å². The summed E-state index contributed by atoms with van der Waals surface area (Å²) >= 11 is 0. The van der Waals surface area contributed by atoms with Crippen molar-refractivity contribution in [3.63, 3.8) is 0 Å². The number of hydrogen-bond donors (Lipinski definition) is 1. The van der Waals surface area contributed by atoms with Crippen LogP contribution in [0, 0.1) is 0 Å². The lowest BCUT2D eigenvalue weighted by Gasteiger charge is -2.20. The first-order valence-electron chi connectivity index (χ1n) is 6.19. The SMILES string of the molecule is CCN(CCCN)C(=O)c1ccc(S(C)(=O)=O)cc1. The van der Waals surface area contributed by atoms with Crippen LogP contribution in [0.2, 0.25) is 0 Å². The van der Waals surface area contributed by atoms with E-state index in [1.54, 1.807) is 17.0 Å². The van der Waals surface area contributed by atoms with E-state index in [2.05, 4.69) is 0 Å². The van der Waals surface area contributed by atoms with Crippen LogP contribution in [0.25, 0.3) is 0 Å². The molecule has 0 atom stereocenters. The van der Waals surface area contributed by atoms with Crippen molar-refractivity contribution in [3.05, 3.63) is 29.8 Å². The zero-order chi connectivity index (χ0) is 14.5. The predicted molar refractivity (Wildman–Crippen MR) is 74.8 cm³/mol. The highest BCUT2D eigenvalue weighted by Crippen LogP contribution is 2.12. The fourth-order valence-corrected chi connectivity index (χ4v) is 2.34. The van der Waals surface area contributed by atoms with E-state index in [4.69, 9.17) is 5.73 Å². The van der Waals surface area contributed by atoms with Crippen LogP contribution in [0.4, 0.5) is 0 Å². The summed E-state index contributed by atoms with van der Waals surface area (Å²) in [5.41, 5.74) is 5.93. The van der Waals surface area contributed by atoms with E-state index in [1.165, 1.54) is 12.1 Å². The molecule has 2 N–H and O–H groups in total. The first-order chi connectivity index (χ1) is 8.90. The molecule has 1 aromatic rings. The average molecular weight is 284 g/mol. The van der Waals surface area contributed by atoms with Crippen molar-refractivity contribution in [2.45, 2.75) is 18.2 Å². The molecule has 0 saturated carbocycles. The Hall–Kier alpha value is -1.40. The van der Waals surface area contributed by atoms with Crippen molar-refractivity contribution in [3.8, 4) is 0 Å². The highest BCUT2D eigenvalue weighted by Gasteiger charge is 2.14. The van der Waals surface area contributed by atoms with Gasteiger partial charge in [0.1, 0.15) is 0 Å². The van der Waals surface area contributed by atoms with Gasteiger partial charge < -0.3 is 10.6 Å². The number of sulfone groups is 1. The normalized spacial score (nSPS) is 11.3. The maximum Gasteiger partial charge on any atom is 0.253 e. The third kappa shape index (κ3) is 4.33. The van der Waals surface area contributed by atoms with Crippen LogP contribution in [0.3, 0.4) is 0 Å². The second kappa shape index (κ2) is 6.68. The standard InChI is InChI=1S/C13H20N2O3S/c1-3-15(10-4-9-14)13(16)11-5-7-12(8-6-11)19(2,17)18/h5-8H,3-4,9-10,14H2,1-2H3. The number of hydrogen-bond acceptors (Lipinski definition) is 4. The molecule has 0 radical (unpaired) electrons. The van der Waals surface area contributed by atoms with Crippen LogP contribution in [-0.2, 0) is 9.84 Å². The fourth-order valence-electron chi connectivity index (χ4n) is 1.71. The van der Waals surface area contributed by atoms with Crippen molar-refractivity contribution < 1.29 is 13.2 Å². The summed E-state index contributed by atoms with van der Waals surface area (Å²) in [5.74, 6) is -0.101. The lowest BCUT2D eigenvalue weighted by Crippen LogP contribution is -2.32. The van der Waals surface area contributed by atoms with E-state index >= 15 is 0 Å². The fraction of sp³-hybridized carbons (Fsp3) is 0.462. The molecule has 0 aliphatic carbocycles. The predicted octanol–water partition coefficient (Wildman–Crippen LogP) is 0.901. The smallest absolute Gasteiger partial charge is 0.253 e. The second-order valence-corrected chi connectivity index (χ2v) is 6.34. The molecule has 0 bridgehead atoms. The summed E-state index contributed by atoms with van der Waals surface area (Å²) in [4.78, 5) is 14.1. The third-order valence-electron chi connectivity index (χ3n) is 2.83. The highest BCUT2D eigenvalue weighted by atomic mass is 32.2. The Morgan fingerprint density at radius 2 is 1.84 bits per heavy atom. The lowest BCUT2D eigenvalue weighted by atomic mass is 10.2. The molecule has 5 nitrogen and oxygen atoms in total. The zero-order valence-corrected chi connectivity index (χ0v) is 12.1. The molecule has 0 aliphatic rings. The number of carbonyl (C=O) groups is 1. The van der Waals surface area contributed by atoms with E-state index in [-0.39, 0.29) is 10.8 Å². The minimum Gasteiger partial charge on any atom is -0.339 e. The molecule has 19 heavy (non-hydrogen) atoms. The molecule has 1 rings (SSSR count). The van der Waals surface area contributed by atoms with E-state index in [9.17, 15) is 13.2 Å². The van der Waals surface area contributed by atoms with Gasteiger partial charge in [0.25, 0.3) is 5.91 Å². The maximum absolute atomic E-state index is 12.2. The van der Waals surface area contributed by atoms with Gasteiger partial charge in [0.15, 0.2) is 9.84 Å². The quantitative estimate of drug-likeness (QED) is 0.841. The van der Waals surface area contributed by atoms with E-state index in [0.717, 1.165) is 12.7 Å². The van der Waals surface area contributed by atoms with Crippen LogP contribution < -0.4 is 5.73 Å². The Bertz CT molecular complexity index is 523. The molecule has 6 heteroatoms. The number of benzene rings is 1. The molecular formula is C13H20N2O3S. The summed E-state index contributed by atoms with van der Waals surface area (Å²) in [7, 11) is -3.23. The minimum atomic E-state index is -3.23. The van der Waals surface area contributed by atoms with Gasteiger partial charge in [-0.25, -0.2) is 8.42 Å². The third-order valence-corrected chi connectivity index (χ3v) is 3.96. The van der Waals surface area contributed by atoms with Gasteiger partial charge >= 0.3 is 0 Å². The molecule has 0 unspecified atom stereocenters. The molecule has 0 fully saturated rings. The van der Waals surface area contributed by atoms with Crippen LogP contribution in [-0.4, -0.2) is 45.1 Å². The van der Waals surface area contributed by atoms with Crippen molar-refractivity contribution in [1.29, 1.82) is 0 Å². The number of carbonyl (C=O) groups excluding carboxylic acids is 1. The number of rotatable bonds is 6. The van der Waals surface area contributed by atoms with Crippen molar-refractivity contribution in [2.24, 2.45) is 5.73 Å². The average Bonchev–Trinajstić information content (AvgIpc) is 2.38. The number of nitrogens with two attached hydrogens (primary N) is 1. The van der Waals surface area contributed by atoms with Gasteiger partial charge in [-0.05, 0) is 44.2 Å². The van der Waals surface area contributed by atoms with Gasteiger partial charge in [-0.3, -0.25) is 4.79 Å². The zero-order valence-electron chi connectivity index (χ0n) is 11.3. The van der Waals surface area contributed by atoms with Crippen LogP contribution in [0.15, 0.2) is 29.2 Å². The van der Waals surface area contributed by atoms with Gasteiger partial charge in [0.2, 0.25) is 0 Å². The van der Waals surface area contributed by atoms with Crippen molar-refractivity contribution in [2.75, 3.05) is 25.9 Å². The Balaban J connectivity index is 2.88. The summed E-state index contributed by atoms with van der Waals surface area (Å²) in [6.45, 7) is 3.66. The Labute approximate surface area is 114 Å². The van der Waals surface area contributed by atoms with Crippen LogP contribution >= 0.6 is 0 Å². The summed E-state index contributed by atoms with van der Waals surface area (Å²) in [6.07, 6.45) is 1.89. The van der Waals surface area contributed by atoms with Gasteiger partial charge in [0, 0.05) is 24.9 Å². The van der Waals surface area contributed by atoms with Gasteiger partial charge in [0.05, 0.1) is 4.90 Å². The minimum absolute atomic E-state index is 0.101. The molecule has 0 spiro atoms. The highest BCUT2D eigenvalue weighted by molar-refractivity contribution is 7.90. The van der Waals surface area contributed by atoms with E-state index in [0.29, 0.717) is 25.2 Å². The van der Waals surface area contributed by atoms with E-state index < -0.39 is 9.84 Å². The molecule has 1 amide bonds. The largest absolute Gasteiger partial charge is 0.339 e. The second-order valence-electron chi connectivity index (χ2n) is 4.32. The Kier molecular flexibility index (Phi) is 5.50. The number of amides is 1. The molecular weight excluding hydrogens is 264 g/mol. The molecule has 1 aromatic carbocycles. The van der Waals surface area contributed by atoms with Gasteiger partial charge in [-0.2, -0.15) is 0 Å². The Morgan fingerprint density at radius 1 is 1.26 bits per heavy atom. The molecule has 0 heterocycles. The molecule has 0 saturated heterocycles. The molecule has 106 valence electrons. The monoisotopic (exact) mass is 284 g/mol. The first kappa shape index (κ1) is 15.7. The molecule has 0 aromatic heterocycles. The van der Waals surface area contributed by atoms with Crippen molar-refractivity contribution >= 4 is 15.7 Å². The van der Waals surface area contributed by atoms with Crippen LogP contribution in [0.1, 0.15) is 23.7 Å². The van der Waals surface area contributed by atoms with E-state index in [1.807, 2.05) is 6.92 Å². The van der Waals surface area contributed by atoms with Crippen LogP contribution in [0.5, 0.6) is 0 Å². The topological polar surface area (TPSA) is 80.5 Å². The summed E-state index contributed by atoms with van der Waals surface area (Å²) in [5, 5.41) is 0. The summed E-state index contributed by atoms with van der Waals surface area (Å²) < 4.78 is 22.7. The Morgan fingerprint density at radius 3 is 2.26 bits per heavy atom. The van der Waals surface area contributed by atoms with Gasteiger partial charge in [-0.1, -0.05) is 0 Å². The first-order valence-corrected chi connectivity index (χ1v) is 8.08. The molecule has 0 aliphatic heterocycles. The maximum atomic E-state index is 12.2.